The molecule has 1 amide bonds. The number of carbonyl (C=O) groups excluding carboxylic acids is 1. The van der Waals surface area contributed by atoms with E-state index in [9.17, 15) is 4.79 Å². The highest BCUT2D eigenvalue weighted by atomic mass is 35.5. The Morgan fingerprint density at radius 2 is 2.03 bits per heavy atom. The summed E-state index contributed by atoms with van der Waals surface area (Å²) in [6.45, 7) is 0.347. The van der Waals surface area contributed by atoms with E-state index in [1.165, 1.54) is 11.3 Å². The third kappa shape index (κ3) is 5.22. The van der Waals surface area contributed by atoms with Crippen LogP contribution in [0, 0.1) is 0 Å². The summed E-state index contributed by atoms with van der Waals surface area (Å²) >= 11 is 7.33. The first-order valence-corrected chi connectivity index (χ1v) is 10.1. The van der Waals surface area contributed by atoms with Gasteiger partial charge in [-0.05, 0) is 48.5 Å². The Bertz CT molecular complexity index is 1090. The molecule has 0 radical (unpaired) electrons. The largest absolute Gasteiger partial charge is 0.486 e. The van der Waals surface area contributed by atoms with E-state index in [0.29, 0.717) is 23.0 Å². The van der Waals surface area contributed by atoms with Gasteiger partial charge in [-0.3, -0.25) is 4.79 Å². The van der Waals surface area contributed by atoms with Gasteiger partial charge in [0.1, 0.15) is 17.4 Å². The van der Waals surface area contributed by atoms with Crippen molar-refractivity contribution in [2.24, 2.45) is 0 Å². The van der Waals surface area contributed by atoms with Crippen molar-refractivity contribution in [2.45, 2.75) is 13.0 Å². The van der Waals surface area contributed by atoms with Crippen molar-refractivity contribution in [1.29, 1.82) is 0 Å². The van der Waals surface area contributed by atoms with Crippen LogP contribution in [0.15, 0.2) is 72.4 Å². The smallest absolute Gasteiger partial charge is 0.230 e. The van der Waals surface area contributed by atoms with Gasteiger partial charge in [0.2, 0.25) is 5.91 Å². The second-order valence-corrected chi connectivity index (χ2v) is 7.58. The molecule has 146 valence electrons. The maximum Gasteiger partial charge on any atom is 0.230 e. The molecule has 29 heavy (non-hydrogen) atoms. The van der Waals surface area contributed by atoms with Crippen molar-refractivity contribution in [3.05, 3.63) is 88.1 Å². The van der Waals surface area contributed by atoms with E-state index in [1.807, 2.05) is 54.0 Å². The lowest BCUT2D eigenvalue weighted by atomic mass is 10.2. The van der Waals surface area contributed by atoms with Gasteiger partial charge in [-0.15, -0.1) is 11.3 Å². The average molecular weight is 425 g/mol. The summed E-state index contributed by atoms with van der Waals surface area (Å²) in [5, 5.41) is 10.4. The summed E-state index contributed by atoms with van der Waals surface area (Å²) in [5.41, 5.74) is 2.30. The molecule has 8 heteroatoms. The van der Waals surface area contributed by atoms with E-state index >= 15 is 0 Å². The molecule has 1 N–H and O–H groups in total. The van der Waals surface area contributed by atoms with Crippen LogP contribution in [0.25, 0.3) is 5.69 Å². The van der Waals surface area contributed by atoms with Crippen molar-refractivity contribution < 1.29 is 9.53 Å². The highest BCUT2D eigenvalue weighted by Crippen LogP contribution is 2.19. The van der Waals surface area contributed by atoms with Gasteiger partial charge in [-0.1, -0.05) is 17.7 Å². The third-order valence-electron chi connectivity index (χ3n) is 4.02. The molecular weight excluding hydrogens is 408 g/mol. The lowest BCUT2D eigenvalue weighted by Gasteiger charge is -2.07. The fraction of sp³-hybridized carbons (Fsp3) is 0.0952. The van der Waals surface area contributed by atoms with Crippen LogP contribution in [0.5, 0.6) is 5.75 Å². The van der Waals surface area contributed by atoms with Crippen molar-refractivity contribution in [2.75, 3.05) is 5.32 Å². The number of nitrogens with zero attached hydrogens (tertiary/aromatic N) is 3. The number of anilines is 1. The van der Waals surface area contributed by atoms with Crippen LogP contribution < -0.4 is 10.1 Å². The van der Waals surface area contributed by atoms with Crippen LogP contribution in [-0.4, -0.2) is 20.7 Å². The Morgan fingerprint density at radius 3 is 2.83 bits per heavy atom. The van der Waals surface area contributed by atoms with Crippen molar-refractivity contribution in [3.63, 3.8) is 0 Å². The van der Waals surface area contributed by atoms with Crippen LogP contribution >= 0.6 is 22.9 Å². The first-order valence-electron chi connectivity index (χ1n) is 8.87. The summed E-state index contributed by atoms with van der Waals surface area (Å²) in [6.07, 6.45) is 3.76. The molecule has 2 heterocycles. The zero-order valence-electron chi connectivity index (χ0n) is 15.3. The first-order chi connectivity index (χ1) is 14.2. The van der Waals surface area contributed by atoms with E-state index in [1.54, 1.807) is 23.0 Å². The number of carbonyl (C=O) groups is 1. The van der Waals surface area contributed by atoms with Gasteiger partial charge in [0.25, 0.3) is 0 Å². The lowest BCUT2D eigenvalue weighted by molar-refractivity contribution is -0.115. The van der Waals surface area contributed by atoms with Crippen LogP contribution in [0.1, 0.15) is 10.7 Å². The number of amides is 1. The Balaban J connectivity index is 1.32. The second kappa shape index (κ2) is 8.89. The molecule has 0 aliphatic rings. The van der Waals surface area contributed by atoms with Gasteiger partial charge in [0, 0.05) is 28.5 Å². The SMILES string of the molecule is O=C(Cc1csc(COc2ccc(Cl)cc2)n1)Nc1cccc(-n2cccn2)c1. The molecule has 0 spiro atoms. The van der Waals surface area contributed by atoms with Gasteiger partial charge in [-0.2, -0.15) is 5.10 Å². The number of benzene rings is 2. The number of nitrogens with one attached hydrogen (secondary N) is 1. The predicted molar refractivity (Wildman–Crippen MR) is 114 cm³/mol. The Hall–Kier alpha value is -3.16. The monoisotopic (exact) mass is 424 g/mol. The molecule has 0 unspecified atom stereocenters. The van der Waals surface area contributed by atoms with Crippen LogP contribution in [0.2, 0.25) is 5.02 Å². The first kappa shape index (κ1) is 19.2. The minimum absolute atomic E-state index is 0.127. The maximum absolute atomic E-state index is 12.4. The minimum atomic E-state index is -0.127. The quantitative estimate of drug-likeness (QED) is 0.465. The van der Waals surface area contributed by atoms with Gasteiger partial charge >= 0.3 is 0 Å². The number of halogens is 1. The van der Waals surface area contributed by atoms with Gasteiger partial charge in [0.15, 0.2) is 0 Å². The summed E-state index contributed by atoms with van der Waals surface area (Å²) in [4.78, 5) is 16.9. The Morgan fingerprint density at radius 1 is 1.17 bits per heavy atom. The fourth-order valence-corrected chi connectivity index (χ4v) is 3.52. The number of ether oxygens (including phenoxy) is 1. The molecular formula is C21H17ClN4O2S. The van der Waals surface area contributed by atoms with E-state index in [4.69, 9.17) is 16.3 Å². The molecule has 0 saturated carbocycles. The minimum Gasteiger partial charge on any atom is -0.486 e. The molecule has 4 rings (SSSR count). The predicted octanol–water partition coefficient (Wildman–Crippen LogP) is 4.74. The van der Waals surface area contributed by atoms with E-state index in [2.05, 4.69) is 15.4 Å². The third-order valence-corrected chi connectivity index (χ3v) is 5.14. The molecule has 0 aliphatic carbocycles. The van der Waals surface area contributed by atoms with Crippen molar-refractivity contribution in [1.82, 2.24) is 14.8 Å². The number of thiazole rings is 1. The molecule has 6 nitrogen and oxygen atoms in total. The van der Waals surface area contributed by atoms with Crippen LogP contribution in [0.3, 0.4) is 0 Å². The molecule has 2 aromatic heterocycles. The standard InChI is InChI=1S/C21H17ClN4O2S/c22-15-5-7-19(8-6-15)28-13-21-25-17(14-29-21)12-20(27)24-16-3-1-4-18(11-16)26-10-2-9-23-26/h1-11,14H,12-13H2,(H,24,27). The number of rotatable bonds is 7. The van der Waals surface area contributed by atoms with Crippen LogP contribution in [0.4, 0.5) is 5.69 Å². The number of hydrogen-bond acceptors (Lipinski definition) is 5. The van der Waals surface area contributed by atoms with Crippen molar-refractivity contribution in [3.8, 4) is 11.4 Å². The topological polar surface area (TPSA) is 69.0 Å². The maximum atomic E-state index is 12.4. The van der Waals surface area contributed by atoms with Gasteiger partial charge < -0.3 is 10.1 Å². The molecule has 0 atom stereocenters. The summed E-state index contributed by atoms with van der Waals surface area (Å²) in [6, 6.07) is 16.5. The zero-order valence-corrected chi connectivity index (χ0v) is 16.9. The Labute approximate surface area is 176 Å². The highest BCUT2D eigenvalue weighted by Gasteiger charge is 2.09. The Kier molecular flexibility index (Phi) is 5.88. The highest BCUT2D eigenvalue weighted by molar-refractivity contribution is 7.09. The normalized spacial score (nSPS) is 10.7. The second-order valence-electron chi connectivity index (χ2n) is 6.20. The molecule has 2 aromatic carbocycles. The molecule has 4 aromatic rings. The number of aromatic nitrogens is 3. The summed E-state index contributed by atoms with van der Waals surface area (Å²) in [7, 11) is 0. The van der Waals surface area contributed by atoms with Crippen molar-refractivity contribution >= 4 is 34.5 Å². The lowest BCUT2D eigenvalue weighted by Crippen LogP contribution is -2.15. The zero-order chi connectivity index (χ0) is 20.1. The average Bonchev–Trinajstić information content (AvgIpc) is 3.40. The fourth-order valence-electron chi connectivity index (χ4n) is 2.69. The van der Waals surface area contributed by atoms with E-state index < -0.39 is 0 Å². The molecule has 0 aliphatic heterocycles. The van der Waals surface area contributed by atoms with E-state index in [-0.39, 0.29) is 12.3 Å². The number of hydrogen-bond donors (Lipinski definition) is 1. The summed E-state index contributed by atoms with van der Waals surface area (Å²) < 4.78 is 7.43. The summed E-state index contributed by atoms with van der Waals surface area (Å²) in [5.74, 6) is 0.596. The van der Waals surface area contributed by atoms with Gasteiger partial charge in [-0.25, -0.2) is 9.67 Å². The molecule has 0 saturated heterocycles. The molecule has 0 fully saturated rings. The molecule has 0 bridgehead atoms. The van der Waals surface area contributed by atoms with Gasteiger partial charge in [0.05, 0.1) is 17.8 Å². The van der Waals surface area contributed by atoms with Crippen LogP contribution in [-0.2, 0) is 17.8 Å². The van der Waals surface area contributed by atoms with E-state index in [0.717, 1.165) is 16.4 Å².